The van der Waals surface area contributed by atoms with Gasteiger partial charge >= 0.3 is 0 Å². The van der Waals surface area contributed by atoms with E-state index in [1.54, 1.807) is 12.0 Å². The van der Waals surface area contributed by atoms with Crippen molar-refractivity contribution in [1.29, 1.82) is 0 Å². The van der Waals surface area contributed by atoms with Gasteiger partial charge in [-0.25, -0.2) is 0 Å². The van der Waals surface area contributed by atoms with Gasteiger partial charge < -0.3 is 19.1 Å². The van der Waals surface area contributed by atoms with Gasteiger partial charge in [-0.3, -0.25) is 4.79 Å². The molecule has 0 atom stereocenters. The van der Waals surface area contributed by atoms with Crippen LogP contribution in [-0.4, -0.2) is 44.6 Å². The van der Waals surface area contributed by atoms with Crippen molar-refractivity contribution in [2.24, 2.45) is 0 Å². The first-order valence-electron chi connectivity index (χ1n) is 5.85. The first kappa shape index (κ1) is 13.8. The third-order valence-electron chi connectivity index (χ3n) is 3.13. The summed E-state index contributed by atoms with van der Waals surface area (Å²) in [4.78, 5) is 14.0. The van der Waals surface area contributed by atoms with E-state index in [9.17, 15) is 4.79 Å². The first-order valence-corrected chi connectivity index (χ1v) is 6.38. The van der Waals surface area contributed by atoms with E-state index in [4.69, 9.17) is 25.8 Å². The molecule has 1 aromatic carbocycles. The van der Waals surface area contributed by atoms with Crippen molar-refractivity contribution in [3.63, 3.8) is 0 Å². The van der Waals surface area contributed by atoms with Crippen molar-refractivity contribution >= 4 is 17.5 Å². The molecule has 0 aliphatic carbocycles. The van der Waals surface area contributed by atoms with Gasteiger partial charge in [0.1, 0.15) is 0 Å². The Morgan fingerprint density at radius 1 is 1.21 bits per heavy atom. The molecule has 1 aromatic rings. The number of hydrogen-bond donors (Lipinski definition) is 0. The van der Waals surface area contributed by atoms with Gasteiger partial charge in [0.05, 0.1) is 26.9 Å². The van der Waals surface area contributed by atoms with Gasteiger partial charge in [0.25, 0.3) is 5.91 Å². The fourth-order valence-electron chi connectivity index (χ4n) is 2.28. The second kappa shape index (κ2) is 5.57. The van der Waals surface area contributed by atoms with Gasteiger partial charge in [0, 0.05) is 19.0 Å². The van der Waals surface area contributed by atoms with E-state index >= 15 is 0 Å². The predicted molar refractivity (Wildman–Crippen MR) is 71.6 cm³/mol. The Morgan fingerprint density at radius 2 is 1.89 bits per heavy atom. The zero-order valence-electron chi connectivity index (χ0n) is 11.2. The van der Waals surface area contributed by atoms with Gasteiger partial charge in [0.2, 0.25) is 5.75 Å². The van der Waals surface area contributed by atoms with Crippen LogP contribution in [-0.2, 0) is 6.54 Å². The molecule has 0 spiro atoms. The standard InChI is InChI=1S/C13H16ClNO4/c1-17-9-6-8-7-15(5-4-14)13(16)10(8)12(19-3)11(9)18-2/h6H,4-5,7H2,1-3H3. The molecule has 6 heteroatoms. The SMILES string of the molecule is COc1cc2c(c(OC)c1OC)C(=O)N(CCCl)C2. The highest BCUT2D eigenvalue weighted by Crippen LogP contribution is 2.44. The Bertz CT molecular complexity index is 504. The van der Waals surface area contributed by atoms with Crippen LogP contribution in [0.2, 0.25) is 0 Å². The molecule has 1 aliphatic rings. The molecule has 0 bridgehead atoms. The van der Waals surface area contributed by atoms with Crippen LogP contribution in [0.15, 0.2) is 6.07 Å². The van der Waals surface area contributed by atoms with Gasteiger partial charge in [-0.15, -0.1) is 11.6 Å². The van der Waals surface area contributed by atoms with Crippen LogP contribution in [0.4, 0.5) is 0 Å². The number of carbonyl (C=O) groups is 1. The van der Waals surface area contributed by atoms with Crippen LogP contribution in [0.1, 0.15) is 15.9 Å². The summed E-state index contributed by atoms with van der Waals surface area (Å²) in [5.41, 5.74) is 1.40. The van der Waals surface area contributed by atoms with Crippen LogP contribution in [0.3, 0.4) is 0 Å². The summed E-state index contributed by atoms with van der Waals surface area (Å²) in [5.74, 6) is 1.71. The predicted octanol–water partition coefficient (Wildman–Crippen LogP) is 1.91. The molecule has 0 saturated heterocycles. The van der Waals surface area contributed by atoms with E-state index in [-0.39, 0.29) is 5.91 Å². The largest absolute Gasteiger partial charge is 0.493 e. The molecule has 0 N–H and O–H groups in total. The van der Waals surface area contributed by atoms with Crippen molar-refractivity contribution in [3.8, 4) is 17.2 Å². The number of rotatable bonds is 5. The highest BCUT2D eigenvalue weighted by Gasteiger charge is 2.34. The molecule has 5 nitrogen and oxygen atoms in total. The van der Waals surface area contributed by atoms with Gasteiger partial charge in [-0.05, 0) is 11.6 Å². The lowest BCUT2D eigenvalue weighted by Crippen LogP contribution is -2.26. The van der Waals surface area contributed by atoms with Crippen LogP contribution < -0.4 is 14.2 Å². The number of ether oxygens (including phenoxy) is 3. The minimum atomic E-state index is -0.0894. The maximum absolute atomic E-state index is 12.3. The fourth-order valence-corrected chi connectivity index (χ4v) is 2.49. The van der Waals surface area contributed by atoms with Crippen molar-refractivity contribution in [1.82, 2.24) is 4.90 Å². The maximum Gasteiger partial charge on any atom is 0.258 e. The molecule has 0 unspecified atom stereocenters. The topological polar surface area (TPSA) is 48.0 Å². The van der Waals surface area contributed by atoms with E-state index in [0.717, 1.165) is 5.56 Å². The molecule has 1 amide bonds. The minimum absolute atomic E-state index is 0.0894. The lowest BCUT2D eigenvalue weighted by molar-refractivity contribution is 0.0785. The number of methoxy groups -OCH3 is 3. The quantitative estimate of drug-likeness (QED) is 0.776. The summed E-state index contributed by atoms with van der Waals surface area (Å²) in [6.07, 6.45) is 0. The van der Waals surface area contributed by atoms with Gasteiger partial charge in [-0.2, -0.15) is 0 Å². The molecular formula is C13H16ClNO4. The maximum atomic E-state index is 12.3. The Labute approximate surface area is 117 Å². The summed E-state index contributed by atoms with van der Waals surface area (Å²) < 4.78 is 15.9. The number of alkyl halides is 1. The highest BCUT2D eigenvalue weighted by molar-refractivity contribution is 6.18. The number of fused-ring (bicyclic) bond motifs is 1. The molecule has 1 heterocycles. The third kappa shape index (κ3) is 2.18. The van der Waals surface area contributed by atoms with Crippen molar-refractivity contribution in [3.05, 3.63) is 17.2 Å². The van der Waals surface area contributed by atoms with E-state index in [1.807, 2.05) is 6.07 Å². The second-order valence-corrected chi connectivity index (χ2v) is 4.47. The average molecular weight is 286 g/mol. The molecule has 1 aliphatic heterocycles. The molecule has 104 valence electrons. The van der Waals surface area contributed by atoms with Gasteiger partial charge in [0.15, 0.2) is 11.5 Å². The smallest absolute Gasteiger partial charge is 0.258 e. The minimum Gasteiger partial charge on any atom is -0.493 e. The zero-order chi connectivity index (χ0) is 14.0. The van der Waals surface area contributed by atoms with Crippen LogP contribution in [0.25, 0.3) is 0 Å². The summed E-state index contributed by atoms with van der Waals surface area (Å²) >= 11 is 5.71. The molecular weight excluding hydrogens is 270 g/mol. The Morgan fingerprint density at radius 3 is 2.42 bits per heavy atom. The Hall–Kier alpha value is -1.62. The third-order valence-corrected chi connectivity index (χ3v) is 3.30. The summed E-state index contributed by atoms with van der Waals surface area (Å²) in [6, 6.07) is 1.81. The summed E-state index contributed by atoms with van der Waals surface area (Å²) in [6.45, 7) is 1.01. The number of hydrogen-bond acceptors (Lipinski definition) is 4. The van der Waals surface area contributed by atoms with Gasteiger partial charge in [-0.1, -0.05) is 0 Å². The van der Waals surface area contributed by atoms with E-state index in [1.165, 1.54) is 14.2 Å². The van der Waals surface area contributed by atoms with E-state index < -0.39 is 0 Å². The number of carbonyl (C=O) groups excluding carboxylic acids is 1. The summed E-state index contributed by atoms with van der Waals surface area (Å²) in [5, 5.41) is 0. The average Bonchev–Trinajstić information content (AvgIpc) is 2.73. The monoisotopic (exact) mass is 285 g/mol. The Balaban J connectivity index is 2.55. The molecule has 2 rings (SSSR count). The van der Waals surface area contributed by atoms with Crippen LogP contribution in [0, 0.1) is 0 Å². The van der Waals surface area contributed by atoms with Crippen molar-refractivity contribution in [2.45, 2.75) is 6.54 Å². The number of nitrogens with zero attached hydrogens (tertiary/aromatic N) is 1. The molecule has 0 radical (unpaired) electrons. The van der Waals surface area contributed by atoms with Crippen molar-refractivity contribution in [2.75, 3.05) is 33.8 Å². The lowest BCUT2D eigenvalue weighted by Gasteiger charge is -2.15. The normalized spacial score (nSPS) is 13.5. The van der Waals surface area contributed by atoms with E-state index in [0.29, 0.717) is 41.8 Å². The number of amides is 1. The van der Waals surface area contributed by atoms with Crippen LogP contribution in [0.5, 0.6) is 17.2 Å². The molecule has 0 fully saturated rings. The second-order valence-electron chi connectivity index (χ2n) is 4.10. The number of benzene rings is 1. The molecule has 0 saturated carbocycles. The first-order chi connectivity index (χ1) is 9.17. The van der Waals surface area contributed by atoms with Crippen LogP contribution >= 0.6 is 11.6 Å². The van der Waals surface area contributed by atoms with E-state index in [2.05, 4.69) is 0 Å². The lowest BCUT2D eigenvalue weighted by atomic mass is 10.1. The summed E-state index contributed by atoms with van der Waals surface area (Å²) in [7, 11) is 4.58. The number of halogens is 1. The Kier molecular flexibility index (Phi) is 4.04. The highest BCUT2D eigenvalue weighted by atomic mass is 35.5. The van der Waals surface area contributed by atoms with Crippen molar-refractivity contribution < 1.29 is 19.0 Å². The zero-order valence-corrected chi connectivity index (χ0v) is 11.9. The molecule has 0 aromatic heterocycles. The fraction of sp³-hybridized carbons (Fsp3) is 0.462. The molecule has 19 heavy (non-hydrogen) atoms.